The molecule has 0 bridgehead atoms. The van der Waals surface area contributed by atoms with Gasteiger partial charge in [-0.2, -0.15) is 0 Å². The van der Waals surface area contributed by atoms with Crippen LogP contribution in [0.3, 0.4) is 0 Å². The second-order valence-electron chi connectivity index (χ2n) is 7.73. The molecule has 1 saturated carbocycles. The largest absolute Gasteiger partial charge is 0.491 e. The monoisotopic (exact) mass is 348 g/mol. The molecule has 0 unspecified atom stereocenters. The molecule has 0 radical (unpaired) electrons. The molecule has 3 nitrogen and oxygen atoms in total. The lowest BCUT2D eigenvalue weighted by Gasteiger charge is -2.24. The topological polar surface area (TPSA) is 43.4 Å². The molecular weight excluding hydrogens is 324 g/mol. The number of benzene rings is 2. The van der Waals surface area contributed by atoms with E-state index in [-0.39, 0.29) is 17.0 Å². The highest BCUT2D eigenvalue weighted by molar-refractivity contribution is 6.04. The van der Waals surface area contributed by atoms with Crippen LogP contribution in [0, 0.1) is 5.92 Å². The molecule has 0 amide bonds. The van der Waals surface area contributed by atoms with Crippen LogP contribution < -0.4 is 4.74 Å². The summed E-state index contributed by atoms with van der Waals surface area (Å²) in [5.41, 5.74) is 2.96. The van der Waals surface area contributed by atoms with Gasteiger partial charge in [-0.15, -0.1) is 0 Å². The van der Waals surface area contributed by atoms with Crippen molar-refractivity contribution in [2.24, 2.45) is 5.92 Å². The third kappa shape index (κ3) is 2.86. The number of fused-ring (bicyclic) bond motifs is 1. The summed E-state index contributed by atoms with van der Waals surface area (Å²) in [6.45, 7) is 4.46. The van der Waals surface area contributed by atoms with Crippen LogP contribution in [0.1, 0.15) is 71.4 Å². The summed E-state index contributed by atoms with van der Waals surface area (Å²) >= 11 is 0. The molecule has 0 spiro atoms. The molecule has 1 aliphatic carbocycles. The van der Waals surface area contributed by atoms with Gasteiger partial charge in [0.2, 0.25) is 0 Å². The van der Waals surface area contributed by atoms with Crippen LogP contribution in [0.25, 0.3) is 0 Å². The van der Waals surface area contributed by atoms with Crippen molar-refractivity contribution in [3.05, 3.63) is 64.7 Å². The zero-order valence-electron chi connectivity index (χ0n) is 15.4. The average Bonchev–Trinajstić information content (AvgIpc) is 3.42. The molecule has 2 aliphatic rings. The minimum absolute atomic E-state index is 0.0274. The summed E-state index contributed by atoms with van der Waals surface area (Å²) in [6.07, 6.45) is 3.27. The van der Waals surface area contributed by atoms with Gasteiger partial charge in [-0.05, 0) is 43.4 Å². The maximum Gasteiger partial charge on any atom is 0.166 e. The van der Waals surface area contributed by atoms with Crippen LogP contribution in [0.15, 0.2) is 42.5 Å². The molecule has 0 saturated heterocycles. The number of carbonyl (C=O) groups is 2. The maximum atomic E-state index is 12.8. The molecule has 2 aromatic carbocycles. The van der Waals surface area contributed by atoms with E-state index >= 15 is 0 Å². The van der Waals surface area contributed by atoms with Gasteiger partial charge in [0, 0.05) is 24.0 Å². The van der Waals surface area contributed by atoms with Crippen LogP contribution >= 0.6 is 0 Å². The fourth-order valence-electron chi connectivity index (χ4n) is 3.79. The number of ether oxygens (including phenoxy) is 1. The molecule has 2 aromatic rings. The smallest absolute Gasteiger partial charge is 0.166 e. The summed E-state index contributed by atoms with van der Waals surface area (Å²) in [5.74, 6) is 1.35. The summed E-state index contributed by atoms with van der Waals surface area (Å²) in [6, 6.07) is 13.9. The lowest BCUT2D eigenvalue weighted by molar-refractivity contribution is 0.0976. The van der Waals surface area contributed by atoms with Crippen molar-refractivity contribution in [3.63, 3.8) is 0 Å². The second-order valence-corrected chi connectivity index (χ2v) is 7.73. The van der Waals surface area contributed by atoms with Gasteiger partial charge < -0.3 is 4.74 Å². The molecule has 0 aromatic heterocycles. The van der Waals surface area contributed by atoms with E-state index in [0.29, 0.717) is 42.2 Å². The van der Waals surface area contributed by atoms with Gasteiger partial charge >= 0.3 is 0 Å². The molecule has 1 aliphatic heterocycles. The number of rotatable bonds is 6. The Bertz CT molecular complexity index is 865. The SMILES string of the molecule is CCC(=O)c1cc(C(=O)CC2CC2)cc2c1OC[C@@]2(C)c1ccccc1. The lowest BCUT2D eigenvalue weighted by Crippen LogP contribution is -2.25. The number of Topliss-reactive ketones (excluding diaryl/α,β-unsaturated/α-hetero) is 2. The van der Waals surface area contributed by atoms with E-state index in [0.717, 1.165) is 24.0 Å². The molecular formula is C23H24O3. The Morgan fingerprint density at radius 1 is 1.12 bits per heavy atom. The zero-order valence-corrected chi connectivity index (χ0v) is 15.4. The number of hydrogen-bond acceptors (Lipinski definition) is 3. The first-order valence-corrected chi connectivity index (χ1v) is 9.46. The Balaban J connectivity index is 1.84. The summed E-state index contributed by atoms with van der Waals surface area (Å²) < 4.78 is 6.02. The quantitative estimate of drug-likeness (QED) is 0.693. The van der Waals surface area contributed by atoms with E-state index in [9.17, 15) is 9.59 Å². The van der Waals surface area contributed by atoms with E-state index in [4.69, 9.17) is 4.74 Å². The molecule has 1 heterocycles. The van der Waals surface area contributed by atoms with Crippen molar-refractivity contribution in [2.75, 3.05) is 6.61 Å². The highest BCUT2D eigenvalue weighted by Gasteiger charge is 2.41. The Morgan fingerprint density at radius 2 is 1.85 bits per heavy atom. The Morgan fingerprint density at radius 3 is 2.50 bits per heavy atom. The highest BCUT2D eigenvalue weighted by Crippen LogP contribution is 2.46. The minimum atomic E-state index is -0.352. The van der Waals surface area contributed by atoms with Crippen LogP contribution in [0.2, 0.25) is 0 Å². The van der Waals surface area contributed by atoms with Crippen molar-refractivity contribution < 1.29 is 14.3 Å². The van der Waals surface area contributed by atoms with Crippen LogP contribution in [-0.2, 0) is 5.41 Å². The lowest BCUT2D eigenvalue weighted by atomic mass is 9.76. The number of carbonyl (C=O) groups excluding carboxylic acids is 2. The summed E-state index contributed by atoms with van der Waals surface area (Å²) in [7, 11) is 0. The van der Waals surface area contributed by atoms with Crippen molar-refractivity contribution in [2.45, 2.75) is 44.9 Å². The number of hydrogen-bond donors (Lipinski definition) is 0. The van der Waals surface area contributed by atoms with Gasteiger partial charge in [0.1, 0.15) is 12.4 Å². The van der Waals surface area contributed by atoms with Crippen molar-refractivity contribution in [1.29, 1.82) is 0 Å². The average molecular weight is 348 g/mol. The molecule has 1 atom stereocenters. The molecule has 4 rings (SSSR count). The predicted molar refractivity (Wildman–Crippen MR) is 101 cm³/mol. The van der Waals surface area contributed by atoms with Crippen LogP contribution in [-0.4, -0.2) is 18.2 Å². The van der Waals surface area contributed by atoms with Gasteiger partial charge in [-0.3, -0.25) is 9.59 Å². The third-order valence-electron chi connectivity index (χ3n) is 5.71. The fraction of sp³-hybridized carbons (Fsp3) is 0.391. The first kappa shape index (κ1) is 17.0. The standard InChI is InChI=1S/C23H24O3/c1-3-20(24)18-12-16(21(25)11-15-9-10-15)13-19-22(18)26-14-23(19,2)17-7-5-4-6-8-17/h4-8,12-13,15H,3,9-11,14H2,1-2H3/t23-/m0/s1. The first-order valence-electron chi connectivity index (χ1n) is 9.46. The normalized spacial score (nSPS) is 21.2. The van der Waals surface area contributed by atoms with Gasteiger partial charge in [0.25, 0.3) is 0 Å². The maximum absolute atomic E-state index is 12.8. The van der Waals surface area contributed by atoms with Gasteiger partial charge in [0.05, 0.1) is 11.0 Å². The molecule has 0 N–H and O–H groups in total. The van der Waals surface area contributed by atoms with E-state index in [1.165, 1.54) is 0 Å². The van der Waals surface area contributed by atoms with Crippen LogP contribution in [0.4, 0.5) is 0 Å². The fourth-order valence-corrected chi connectivity index (χ4v) is 3.79. The van der Waals surface area contributed by atoms with Crippen LogP contribution in [0.5, 0.6) is 5.75 Å². The molecule has 26 heavy (non-hydrogen) atoms. The summed E-state index contributed by atoms with van der Waals surface area (Å²) in [5, 5.41) is 0. The van der Waals surface area contributed by atoms with Crippen molar-refractivity contribution in [1.82, 2.24) is 0 Å². The second kappa shape index (κ2) is 6.39. The van der Waals surface area contributed by atoms with E-state index in [1.54, 1.807) is 6.07 Å². The molecule has 134 valence electrons. The van der Waals surface area contributed by atoms with E-state index in [2.05, 4.69) is 19.1 Å². The van der Waals surface area contributed by atoms with Gasteiger partial charge in [-0.1, -0.05) is 37.3 Å². The third-order valence-corrected chi connectivity index (χ3v) is 5.71. The minimum Gasteiger partial charge on any atom is -0.491 e. The Labute approximate surface area is 154 Å². The van der Waals surface area contributed by atoms with E-state index in [1.807, 2.05) is 31.2 Å². The molecule has 3 heteroatoms. The number of ketones is 2. The zero-order chi connectivity index (χ0) is 18.3. The molecule has 1 fully saturated rings. The highest BCUT2D eigenvalue weighted by atomic mass is 16.5. The summed E-state index contributed by atoms with van der Waals surface area (Å²) in [4.78, 5) is 25.3. The Kier molecular flexibility index (Phi) is 4.18. The van der Waals surface area contributed by atoms with Gasteiger partial charge in [0.15, 0.2) is 11.6 Å². The first-order chi connectivity index (χ1) is 12.5. The van der Waals surface area contributed by atoms with E-state index < -0.39 is 0 Å². The van der Waals surface area contributed by atoms with Crippen molar-refractivity contribution >= 4 is 11.6 Å². The van der Waals surface area contributed by atoms with Crippen molar-refractivity contribution in [3.8, 4) is 5.75 Å². The Hall–Kier alpha value is -2.42. The van der Waals surface area contributed by atoms with Gasteiger partial charge in [-0.25, -0.2) is 0 Å². The predicted octanol–water partition coefficient (Wildman–Crippen LogP) is 4.96.